The Bertz CT molecular complexity index is 529. The molecule has 7 nitrogen and oxygen atoms in total. The quantitative estimate of drug-likeness (QED) is 0.286. The molecule has 3 unspecified atom stereocenters. The van der Waals surface area contributed by atoms with Crippen molar-refractivity contribution in [3.8, 4) is 0 Å². The Labute approximate surface area is 194 Å². The van der Waals surface area contributed by atoms with E-state index in [1.54, 1.807) is 0 Å². The molecule has 2 N–H and O–H groups in total. The first-order chi connectivity index (χ1) is 13.9. The Morgan fingerprint density at radius 3 is 2.53 bits per heavy atom. The Kier molecular flexibility index (Phi) is 10.9. The van der Waals surface area contributed by atoms with Crippen LogP contribution >= 0.6 is 24.0 Å². The van der Waals surface area contributed by atoms with Crippen LogP contribution in [0.25, 0.3) is 0 Å². The third-order valence-electron chi connectivity index (χ3n) is 5.82. The van der Waals surface area contributed by atoms with Crippen molar-refractivity contribution in [3.63, 3.8) is 0 Å². The van der Waals surface area contributed by atoms with Gasteiger partial charge in [0.2, 0.25) is 0 Å². The molecular weight excluding hydrogens is 514 g/mol. The first kappa shape index (κ1) is 25.9. The lowest BCUT2D eigenvalue weighted by molar-refractivity contribution is -0.143. The Balaban J connectivity index is 0.00000320. The molecule has 0 spiro atoms. The van der Waals surface area contributed by atoms with E-state index in [4.69, 9.17) is 14.5 Å². The molecule has 0 aromatic heterocycles. The molecule has 0 saturated carbocycles. The van der Waals surface area contributed by atoms with Crippen molar-refractivity contribution in [2.75, 3.05) is 72.2 Å². The van der Waals surface area contributed by atoms with Crippen LogP contribution in [-0.2, 0) is 9.47 Å². The summed E-state index contributed by atoms with van der Waals surface area (Å²) in [5.74, 6) is 1.14. The summed E-state index contributed by atoms with van der Waals surface area (Å²) in [5, 5.41) is 6.58. The molecule has 0 aromatic carbocycles. The van der Waals surface area contributed by atoms with Crippen molar-refractivity contribution < 1.29 is 22.6 Å². The normalized spacial score (nSPS) is 27.7. The summed E-state index contributed by atoms with van der Waals surface area (Å²) in [5.41, 5.74) is 0. The Morgan fingerprint density at radius 1 is 1.13 bits per heavy atom. The van der Waals surface area contributed by atoms with Gasteiger partial charge in [-0.05, 0) is 19.8 Å². The van der Waals surface area contributed by atoms with Gasteiger partial charge in [0.1, 0.15) is 0 Å². The highest BCUT2D eigenvalue weighted by Crippen LogP contribution is 2.23. The number of rotatable bonds is 7. The summed E-state index contributed by atoms with van der Waals surface area (Å²) >= 11 is 0. The van der Waals surface area contributed by atoms with E-state index in [2.05, 4.69) is 15.5 Å². The van der Waals surface area contributed by atoms with Crippen LogP contribution < -0.4 is 10.6 Å². The summed E-state index contributed by atoms with van der Waals surface area (Å²) in [6.45, 7) is 8.16. The van der Waals surface area contributed by atoms with Crippen LogP contribution in [0.15, 0.2) is 4.99 Å². The molecule has 0 bridgehead atoms. The van der Waals surface area contributed by atoms with Crippen LogP contribution in [0.2, 0.25) is 0 Å². The number of alkyl halides is 3. The van der Waals surface area contributed by atoms with Crippen molar-refractivity contribution in [3.05, 3.63) is 0 Å². The molecule has 176 valence electrons. The van der Waals surface area contributed by atoms with Gasteiger partial charge in [-0.2, -0.15) is 13.2 Å². The SMILES string of the molecule is CCNC(=NCC(C1CCOC1)N1CCOCC1)NC1CCN(CC(F)(F)F)C1.I. The van der Waals surface area contributed by atoms with Gasteiger partial charge in [0, 0.05) is 57.3 Å². The third-order valence-corrected chi connectivity index (χ3v) is 5.82. The lowest BCUT2D eigenvalue weighted by atomic mass is 9.97. The van der Waals surface area contributed by atoms with Crippen LogP contribution in [0.1, 0.15) is 19.8 Å². The van der Waals surface area contributed by atoms with Gasteiger partial charge in [0.05, 0.1) is 32.9 Å². The fourth-order valence-corrected chi connectivity index (χ4v) is 4.37. The number of hydrogen-bond donors (Lipinski definition) is 2. The lowest BCUT2D eigenvalue weighted by Gasteiger charge is -2.36. The van der Waals surface area contributed by atoms with Crippen LogP contribution in [0, 0.1) is 5.92 Å². The smallest absolute Gasteiger partial charge is 0.381 e. The van der Waals surface area contributed by atoms with E-state index < -0.39 is 12.7 Å². The second-order valence-corrected chi connectivity index (χ2v) is 8.04. The fraction of sp³-hybridized carbons (Fsp3) is 0.947. The van der Waals surface area contributed by atoms with Gasteiger partial charge >= 0.3 is 6.18 Å². The number of nitrogens with one attached hydrogen (secondary N) is 2. The molecule has 0 aliphatic carbocycles. The van der Waals surface area contributed by atoms with Crippen molar-refractivity contribution >= 4 is 29.9 Å². The molecule has 3 heterocycles. The second-order valence-electron chi connectivity index (χ2n) is 8.04. The standard InChI is InChI=1S/C19H34F3N5O2.HI/c1-2-23-18(25-16-3-5-26(12-16)14-19(20,21)22)24-11-17(15-4-8-29-13-15)27-6-9-28-10-7-27;/h15-17H,2-14H2,1H3,(H2,23,24,25);1H. The molecule has 0 amide bonds. The molecule has 11 heteroatoms. The first-order valence-corrected chi connectivity index (χ1v) is 10.7. The second kappa shape index (κ2) is 12.6. The van der Waals surface area contributed by atoms with Gasteiger partial charge in [-0.15, -0.1) is 24.0 Å². The average Bonchev–Trinajstić information content (AvgIpc) is 3.34. The van der Waals surface area contributed by atoms with Gasteiger partial charge in [0.15, 0.2) is 5.96 Å². The summed E-state index contributed by atoms with van der Waals surface area (Å²) in [6, 6.07) is 0.272. The maximum atomic E-state index is 12.6. The Hall–Kier alpha value is -0.370. The fourth-order valence-electron chi connectivity index (χ4n) is 4.37. The van der Waals surface area contributed by atoms with E-state index in [0.717, 1.165) is 45.9 Å². The number of aliphatic imine (C=N–C) groups is 1. The van der Waals surface area contributed by atoms with Crippen LogP contribution in [0.3, 0.4) is 0 Å². The van der Waals surface area contributed by atoms with Crippen LogP contribution in [-0.4, -0.2) is 106 Å². The molecule has 0 aromatic rings. The molecule has 3 saturated heterocycles. The lowest BCUT2D eigenvalue weighted by Crippen LogP contribution is -2.50. The van der Waals surface area contributed by atoms with E-state index in [1.165, 1.54) is 4.90 Å². The van der Waals surface area contributed by atoms with Gasteiger partial charge in [0.25, 0.3) is 0 Å². The first-order valence-electron chi connectivity index (χ1n) is 10.7. The zero-order valence-corrected chi connectivity index (χ0v) is 20.0. The molecular formula is C19H35F3IN5O2. The average molecular weight is 549 g/mol. The maximum absolute atomic E-state index is 12.6. The highest BCUT2D eigenvalue weighted by molar-refractivity contribution is 14.0. The van der Waals surface area contributed by atoms with Gasteiger partial charge < -0.3 is 20.1 Å². The van der Waals surface area contributed by atoms with Crippen molar-refractivity contribution in [2.45, 2.75) is 38.0 Å². The number of morpholine rings is 1. The van der Waals surface area contributed by atoms with Gasteiger partial charge in [-0.25, -0.2) is 0 Å². The zero-order chi connectivity index (χ0) is 20.7. The Morgan fingerprint density at radius 2 is 1.90 bits per heavy atom. The highest BCUT2D eigenvalue weighted by Gasteiger charge is 2.35. The number of halogens is 4. The number of hydrogen-bond acceptors (Lipinski definition) is 5. The molecule has 3 rings (SSSR count). The molecule has 3 fully saturated rings. The van der Waals surface area contributed by atoms with E-state index in [0.29, 0.717) is 50.5 Å². The number of likely N-dealkylation sites (tertiary alicyclic amines) is 1. The maximum Gasteiger partial charge on any atom is 0.401 e. The number of nitrogens with zero attached hydrogens (tertiary/aromatic N) is 3. The largest absolute Gasteiger partial charge is 0.401 e. The summed E-state index contributed by atoms with van der Waals surface area (Å²) in [4.78, 5) is 8.71. The topological polar surface area (TPSA) is 61.4 Å². The summed E-state index contributed by atoms with van der Waals surface area (Å²) in [7, 11) is 0. The number of ether oxygens (including phenoxy) is 2. The third kappa shape index (κ3) is 8.29. The summed E-state index contributed by atoms with van der Waals surface area (Å²) < 4.78 is 49.0. The van der Waals surface area contributed by atoms with Gasteiger partial charge in [-0.1, -0.05) is 0 Å². The molecule has 0 radical (unpaired) electrons. The summed E-state index contributed by atoms with van der Waals surface area (Å²) in [6.07, 6.45) is -2.43. The minimum absolute atomic E-state index is 0. The van der Waals surface area contributed by atoms with Crippen LogP contribution in [0.5, 0.6) is 0 Å². The van der Waals surface area contributed by atoms with E-state index in [-0.39, 0.29) is 30.0 Å². The highest BCUT2D eigenvalue weighted by atomic mass is 127. The van der Waals surface area contributed by atoms with Crippen molar-refractivity contribution in [1.29, 1.82) is 0 Å². The minimum atomic E-state index is -4.15. The van der Waals surface area contributed by atoms with E-state index in [9.17, 15) is 13.2 Å². The predicted molar refractivity (Wildman–Crippen MR) is 121 cm³/mol. The van der Waals surface area contributed by atoms with E-state index in [1.807, 2.05) is 6.92 Å². The monoisotopic (exact) mass is 549 g/mol. The molecule has 3 aliphatic rings. The molecule has 3 atom stereocenters. The van der Waals surface area contributed by atoms with Crippen molar-refractivity contribution in [2.24, 2.45) is 10.9 Å². The minimum Gasteiger partial charge on any atom is -0.381 e. The predicted octanol–water partition coefficient (Wildman–Crippen LogP) is 1.53. The van der Waals surface area contributed by atoms with Gasteiger partial charge in [-0.3, -0.25) is 14.8 Å². The molecule has 3 aliphatic heterocycles. The molecule has 30 heavy (non-hydrogen) atoms. The van der Waals surface area contributed by atoms with E-state index >= 15 is 0 Å². The van der Waals surface area contributed by atoms with Crippen LogP contribution in [0.4, 0.5) is 13.2 Å². The van der Waals surface area contributed by atoms with Crippen molar-refractivity contribution in [1.82, 2.24) is 20.4 Å². The number of guanidine groups is 1. The zero-order valence-electron chi connectivity index (χ0n) is 17.6.